The van der Waals surface area contributed by atoms with Crippen LogP contribution in [0.3, 0.4) is 0 Å². The molecule has 1 aromatic heterocycles. The smallest absolute Gasteiger partial charge is 0.228 e. The van der Waals surface area contributed by atoms with Crippen molar-refractivity contribution in [3.8, 4) is 11.3 Å². The fourth-order valence-corrected chi connectivity index (χ4v) is 3.28. The van der Waals surface area contributed by atoms with Crippen molar-refractivity contribution >= 4 is 11.8 Å². The molecule has 150 valence electrons. The number of carbonyl (C=O) groups excluding carboxylic acids is 2. The minimum absolute atomic E-state index is 0.0814. The summed E-state index contributed by atoms with van der Waals surface area (Å²) in [5.41, 5.74) is 1.79. The van der Waals surface area contributed by atoms with Gasteiger partial charge in [-0.3, -0.25) is 9.59 Å². The number of benzene rings is 1. The quantitative estimate of drug-likeness (QED) is 0.812. The topological polar surface area (TPSA) is 66.7 Å². The largest absolute Gasteiger partial charge is 0.441 e. The van der Waals surface area contributed by atoms with Crippen LogP contribution < -0.4 is 0 Å². The van der Waals surface area contributed by atoms with Crippen LogP contribution in [0.2, 0.25) is 0 Å². The van der Waals surface area contributed by atoms with E-state index in [0.29, 0.717) is 44.9 Å². The van der Waals surface area contributed by atoms with E-state index in [0.717, 1.165) is 11.3 Å². The summed E-state index contributed by atoms with van der Waals surface area (Å²) in [6.07, 6.45) is 2.55. The molecule has 0 spiro atoms. The summed E-state index contributed by atoms with van der Waals surface area (Å²) in [5.74, 6) is 1.52. The minimum atomic E-state index is -0.383. The first-order chi connectivity index (χ1) is 13.2. The maximum absolute atomic E-state index is 12.5. The van der Waals surface area contributed by atoms with Gasteiger partial charge in [-0.1, -0.05) is 50.6 Å². The maximum Gasteiger partial charge on any atom is 0.228 e. The number of hydrogen-bond donors (Lipinski definition) is 0. The van der Waals surface area contributed by atoms with Gasteiger partial charge < -0.3 is 14.2 Å². The molecule has 1 aromatic carbocycles. The van der Waals surface area contributed by atoms with E-state index in [9.17, 15) is 9.59 Å². The summed E-state index contributed by atoms with van der Waals surface area (Å²) in [6, 6.07) is 8.07. The predicted molar refractivity (Wildman–Crippen MR) is 108 cm³/mol. The summed E-state index contributed by atoms with van der Waals surface area (Å²) < 4.78 is 5.80. The van der Waals surface area contributed by atoms with Crippen molar-refractivity contribution in [3.63, 3.8) is 0 Å². The van der Waals surface area contributed by atoms with E-state index < -0.39 is 0 Å². The Kier molecular flexibility index (Phi) is 5.87. The Morgan fingerprint density at radius 1 is 1.04 bits per heavy atom. The van der Waals surface area contributed by atoms with Crippen molar-refractivity contribution in [3.05, 3.63) is 41.9 Å². The van der Waals surface area contributed by atoms with Gasteiger partial charge >= 0.3 is 0 Å². The van der Waals surface area contributed by atoms with Crippen molar-refractivity contribution in [2.75, 3.05) is 26.2 Å². The van der Waals surface area contributed by atoms with Crippen LogP contribution in [0, 0.1) is 12.3 Å². The van der Waals surface area contributed by atoms with Gasteiger partial charge in [-0.05, 0) is 6.92 Å². The molecule has 2 aromatic rings. The van der Waals surface area contributed by atoms with Crippen molar-refractivity contribution in [2.24, 2.45) is 5.41 Å². The van der Waals surface area contributed by atoms with Crippen LogP contribution in [0.1, 0.15) is 38.6 Å². The number of piperazine rings is 1. The summed E-state index contributed by atoms with van der Waals surface area (Å²) in [6.45, 7) is 10.2. The molecule has 6 heteroatoms. The first-order valence-electron chi connectivity index (χ1n) is 9.83. The Hall–Kier alpha value is -2.63. The number of hydrogen-bond acceptors (Lipinski definition) is 4. The van der Waals surface area contributed by atoms with Crippen LogP contribution in [0.4, 0.5) is 0 Å². The third-order valence-corrected chi connectivity index (χ3v) is 5.00. The van der Waals surface area contributed by atoms with E-state index in [1.165, 1.54) is 5.56 Å². The Morgan fingerprint density at radius 2 is 1.64 bits per heavy atom. The van der Waals surface area contributed by atoms with Crippen molar-refractivity contribution in [2.45, 2.75) is 40.5 Å². The molecule has 2 amide bonds. The average Bonchev–Trinajstić information content (AvgIpc) is 3.14. The highest BCUT2D eigenvalue weighted by atomic mass is 16.4. The molecule has 0 unspecified atom stereocenters. The Morgan fingerprint density at radius 3 is 2.25 bits per heavy atom. The van der Waals surface area contributed by atoms with E-state index in [4.69, 9.17) is 4.42 Å². The van der Waals surface area contributed by atoms with Gasteiger partial charge in [0.1, 0.15) is 0 Å². The number of oxazole rings is 1. The highest BCUT2D eigenvalue weighted by Gasteiger charge is 2.30. The second-order valence-corrected chi connectivity index (χ2v) is 8.41. The first-order valence-corrected chi connectivity index (χ1v) is 9.83. The summed E-state index contributed by atoms with van der Waals surface area (Å²) >= 11 is 0. The molecule has 1 fully saturated rings. The lowest BCUT2D eigenvalue weighted by molar-refractivity contribution is -0.144. The third-order valence-electron chi connectivity index (χ3n) is 5.00. The number of amides is 2. The molecule has 6 nitrogen and oxygen atoms in total. The Labute approximate surface area is 166 Å². The van der Waals surface area contributed by atoms with Gasteiger partial charge in [0.25, 0.3) is 0 Å². The maximum atomic E-state index is 12.5. The monoisotopic (exact) mass is 383 g/mol. The molecule has 28 heavy (non-hydrogen) atoms. The SMILES string of the molecule is Cc1ccc(-c2cnc(CCC(=O)N3CCN(C(=O)C(C)(C)C)CC3)o2)cc1. The van der Waals surface area contributed by atoms with Gasteiger partial charge in [0.05, 0.1) is 6.20 Å². The fourth-order valence-electron chi connectivity index (χ4n) is 3.28. The Bertz CT molecular complexity index is 825. The fraction of sp³-hybridized carbons (Fsp3) is 0.500. The van der Waals surface area contributed by atoms with Crippen molar-refractivity contribution < 1.29 is 14.0 Å². The van der Waals surface area contributed by atoms with Gasteiger partial charge in [-0.15, -0.1) is 0 Å². The van der Waals surface area contributed by atoms with Gasteiger partial charge in [-0.25, -0.2) is 4.98 Å². The molecule has 3 rings (SSSR count). The van der Waals surface area contributed by atoms with Crippen LogP contribution in [0.25, 0.3) is 11.3 Å². The van der Waals surface area contributed by atoms with Crippen LogP contribution in [-0.2, 0) is 16.0 Å². The van der Waals surface area contributed by atoms with E-state index >= 15 is 0 Å². The summed E-state index contributed by atoms with van der Waals surface area (Å²) in [4.78, 5) is 32.8. The second kappa shape index (κ2) is 8.17. The number of aromatic nitrogens is 1. The molecule has 2 heterocycles. The number of rotatable bonds is 4. The normalized spacial score (nSPS) is 15.0. The van der Waals surface area contributed by atoms with Crippen molar-refractivity contribution in [1.29, 1.82) is 0 Å². The molecule has 1 aliphatic heterocycles. The van der Waals surface area contributed by atoms with Crippen LogP contribution in [-0.4, -0.2) is 52.8 Å². The molecular weight excluding hydrogens is 354 g/mol. The molecule has 1 aliphatic rings. The van der Waals surface area contributed by atoms with Gasteiger partial charge in [0.2, 0.25) is 11.8 Å². The lowest BCUT2D eigenvalue weighted by Gasteiger charge is -2.37. The first kappa shape index (κ1) is 20.1. The molecular formula is C22H29N3O3. The van der Waals surface area contributed by atoms with Crippen LogP contribution >= 0.6 is 0 Å². The average molecular weight is 383 g/mol. The molecule has 0 N–H and O–H groups in total. The number of aryl methyl sites for hydroxylation is 2. The van der Waals surface area contributed by atoms with E-state index in [1.807, 2.05) is 61.8 Å². The molecule has 0 aliphatic carbocycles. The molecule has 1 saturated heterocycles. The zero-order chi connectivity index (χ0) is 20.3. The number of carbonyl (C=O) groups is 2. The van der Waals surface area contributed by atoms with E-state index in [-0.39, 0.29) is 17.2 Å². The number of nitrogens with zero attached hydrogens (tertiary/aromatic N) is 3. The lowest BCUT2D eigenvalue weighted by Crippen LogP contribution is -2.53. The third kappa shape index (κ3) is 4.80. The molecule has 0 saturated carbocycles. The summed E-state index contributed by atoms with van der Waals surface area (Å²) in [5, 5.41) is 0. The second-order valence-electron chi connectivity index (χ2n) is 8.41. The molecule has 0 atom stereocenters. The van der Waals surface area contributed by atoms with Gasteiger partial charge in [0, 0.05) is 50.0 Å². The van der Waals surface area contributed by atoms with Gasteiger partial charge in [-0.2, -0.15) is 0 Å². The van der Waals surface area contributed by atoms with Crippen LogP contribution in [0.15, 0.2) is 34.9 Å². The molecule has 0 radical (unpaired) electrons. The zero-order valence-electron chi connectivity index (χ0n) is 17.2. The van der Waals surface area contributed by atoms with Gasteiger partial charge in [0.15, 0.2) is 11.7 Å². The van der Waals surface area contributed by atoms with E-state index in [1.54, 1.807) is 6.20 Å². The highest BCUT2D eigenvalue weighted by molar-refractivity contribution is 5.82. The Balaban J connectivity index is 1.49. The molecule has 0 bridgehead atoms. The predicted octanol–water partition coefficient (Wildman–Crippen LogP) is 3.30. The minimum Gasteiger partial charge on any atom is -0.441 e. The lowest BCUT2D eigenvalue weighted by atomic mass is 9.94. The van der Waals surface area contributed by atoms with Crippen molar-refractivity contribution in [1.82, 2.24) is 14.8 Å². The van der Waals surface area contributed by atoms with Crippen LogP contribution in [0.5, 0.6) is 0 Å². The van der Waals surface area contributed by atoms with E-state index in [2.05, 4.69) is 4.98 Å². The summed E-state index contributed by atoms with van der Waals surface area (Å²) in [7, 11) is 0. The standard InChI is InChI=1S/C22H29N3O3/c1-16-5-7-17(8-6-16)18-15-23-19(28-18)9-10-20(26)24-11-13-25(14-12-24)21(27)22(2,3)4/h5-8,15H,9-14H2,1-4H3. The zero-order valence-corrected chi connectivity index (χ0v) is 17.2. The highest BCUT2D eigenvalue weighted by Crippen LogP contribution is 2.22.